The van der Waals surface area contributed by atoms with Crippen LogP contribution in [-0.4, -0.2) is 16.1 Å². The Balaban J connectivity index is 2.47. The minimum Gasteiger partial charge on any atom is -0.477 e. The molecule has 0 amide bonds. The molecule has 2 aromatic rings. The summed E-state index contributed by atoms with van der Waals surface area (Å²) in [7, 11) is 0. The molecule has 0 atom stereocenters. The molecule has 0 spiro atoms. The van der Waals surface area contributed by atoms with Gasteiger partial charge in [-0.25, -0.2) is 14.2 Å². The minimum absolute atomic E-state index is 0.00366. The van der Waals surface area contributed by atoms with E-state index in [0.717, 1.165) is 0 Å². The van der Waals surface area contributed by atoms with Crippen LogP contribution in [0.3, 0.4) is 0 Å². The Kier molecular flexibility index (Phi) is 4.04. The SMILES string of the molecule is Cc1cc(C)c(C(=O)O)c(Oc2ccc(F)c(Br)c2)n1. The molecule has 0 aliphatic carbocycles. The smallest absolute Gasteiger partial charge is 0.341 e. The number of hydrogen-bond donors (Lipinski definition) is 1. The fraction of sp³-hybridized carbons (Fsp3) is 0.143. The molecule has 0 saturated carbocycles. The third-order valence-electron chi connectivity index (χ3n) is 2.63. The van der Waals surface area contributed by atoms with Crippen LogP contribution in [0, 0.1) is 19.7 Å². The fourth-order valence-corrected chi connectivity index (χ4v) is 2.15. The Labute approximate surface area is 123 Å². The summed E-state index contributed by atoms with van der Waals surface area (Å²) < 4.78 is 18.9. The van der Waals surface area contributed by atoms with Gasteiger partial charge in [0.25, 0.3) is 0 Å². The van der Waals surface area contributed by atoms with E-state index >= 15 is 0 Å². The van der Waals surface area contributed by atoms with Crippen LogP contribution in [0.5, 0.6) is 11.6 Å². The second kappa shape index (κ2) is 5.58. The van der Waals surface area contributed by atoms with Gasteiger partial charge >= 0.3 is 5.97 Å². The Bertz CT molecular complexity index is 688. The Morgan fingerprint density at radius 2 is 2.05 bits per heavy atom. The Morgan fingerprint density at radius 3 is 2.65 bits per heavy atom. The van der Waals surface area contributed by atoms with Crippen LogP contribution < -0.4 is 4.74 Å². The van der Waals surface area contributed by atoms with Crippen molar-refractivity contribution in [3.63, 3.8) is 0 Å². The molecule has 6 heteroatoms. The van der Waals surface area contributed by atoms with Crippen LogP contribution in [0.4, 0.5) is 4.39 Å². The highest BCUT2D eigenvalue weighted by Gasteiger charge is 2.18. The van der Waals surface area contributed by atoms with Gasteiger partial charge in [-0.2, -0.15) is 0 Å². The first kappa shape index (κ1) is 14.5. The summed E-state index contributed by atoms with van der Waals surface area (Å²) >= 11 is 3.04. The van der Waals surface area contributed by atoms with Crippen molar-refractivity contribution < 1.29 is 19.0 Å². The van der Waals surface area contributed by atoms with E-state index in [1.165, 1.54) is 18.2 Å². The van der Waals surface area contributed by atoms with Crippen LogP contribution in [0.25, 0.3) is 0 Å². The Hall–Kier alpha value is -1.95. The average Bonchev–Trinajstić information content (AvgIpc) is 2.32. The van der Waals surface area contributed by atoms with E-state index in [1.807, 2.05) is 0 Å². The number of hydrogen-bond acceptors (Lipinski definition) is 3. The zero-order valence-electron chi connectivity index (χ0n) is 10.8. The number of ether oxygens (including phenoxy) is 1. The van der Waals surface area contributed by atoms with Crippen LogP contribution in [0.15, 0.2) is 28.7 Å². The predicted molar refractivity (Wildman–Crippen MR) is 74.8 cm³/mol. The van der Waals surface area contributed by atoms with Crippen molar-refractivity contribution in [3.8, 4) is 11.6 Å². The summed E-state index contributed by atoms with van der Waals surface area (Å²) in [6.07, 6.45) is 0. The molecule has 0 aliphatic rings. The lowest BCUT2D eigenvalue weighted by Gasteiger charge is -2.11. The van der Waals surface area contributed by atoms with Gasteiger partial charge in [0.05, 0.1) is 4.47 Å². The molecule has 0 bridgehead atoms. The van der Waals surface area contributed by atoms with E-state index in [1.54, 1.807) is 19.9 Å². The summed E-state index contributed by atoms with van der Waals surface area (Å²) in [5, 5.41) is 9.22. The van der Waals surface area contributed by atoms with Gasteiger partial charge in [-0.3, -0.25) is 0 Å². The third kappa shape index (κ3) is 2.96. The fourth-order valence-electron chi connectivity index (χ4n) is 1.79. The first-order chi connectivity index (χ1) is 9.38. The molecule has 0 aliphatic heterocycles. The molecule has 1 aromatic carbocycles. The number of pyridine rings is 1. The van der Waals surface area contributed by atoms with Crippen molar-refractivity contribution in [2.45, 2.75) is 13.8 Å². The van der Waals surface area contributed by atoms with E-state index in [0.29, 0.717) is 17.0 Å². The number of aromatic nitrogens is 1. The van der Waals surface area contributed by atoms with Gasteiger partial charge in [-0.1, -0.05) is 0 Å². The van der Waals surface area contributed by atoms with Crippen molar-refractivity contribution >= 4 is 21.9 Å². The molecule has 104 valence electrons. The molecule has 0 unspecified atom stereocenters. The van der Waals surface area contributed by atoms with E-state index in [2.05, 4.69) is 20.9 Å². The molecule has 0 radical (unpaired) electrons. The quantitative estimate of drug-likeness (QED) is 0.914. The maximum absolute atomic E-state index is 13.2. The van der Waals surface area contributed by atoms with Gasteiger partial charge in [0.2, 0.25) is 5.88 Å². The summed E-state index contributed by atoms with van der Waals surface area (Å²) in [4.78, 5) is 15.4. The number of halogens is 2. The Morgan fingerprint density at radius 1 is 1.35 bits per heavy atom. The molecule has 20 heavy (non-hydrogen) atoms. The number of aromatic carboxylic acids is 1. The van der Waals surface area contributed by atoms with Gasteiger partial charge in [0, 0.05) is 5.69 Å². The average molecular weight is 340 g/mol. The second-order valence-corrected chi connectivity index (χ2v) is 5.10. The number of rotatable bonds is 3. The number of nitrogens with zero attached hydrogens (tertiary/aromatic N) is 1. The lowest BCUT2D eigenvalue weighted by atomic mass is 10.1. The molecule has 0 fully saturated rings. The molecular weight excluding hydrogens is 329 g/mol. The molecule has 4 nitrogen and oxygen atoms in total. The van der Waals surface area contributed by atoms with Crippen LogP contribution in [-0.2, 0) is 0 Å². The van der Waals surface area contributed by atoms with Crippen molar-refractivity contribution in [2.75, 3.05) is 0 Å². The van der Waals surface area contributed by atoms with E-state index < -0.39 is 11.8 Å². The number of carboxylic acid groups (broad SMARTS) is 1. The lowest BCUT2D eigenvalue weighted by Crippen LogP contribution is -2.06. The standard InChI is InChI=1S/C14H11BrFNO3/c1-7-5-8(2)17-13(12(7)14(18)19)20-9-3-4-11(16)10(15)6-9/h3-6H,1-2H3,(H,18,19). The number of aryl methyl sites for hydroxylation is 2. The largest absolute Gasteiger partial charge is 0.477 e. The number of carbonyl (C=O) groups is 1. The zero-order valence-corrected chi connectivity index (χ0v) is 12.4. The van der Waals surface area contributed by atoms with Gasteiger partial charge in [-0.15, -0.1) is 0 Å². The summed E-state index contributed by atoms with van der Waals surface area (Å²) in [6, 6.07) is 5.71. The maximum atomic E-state index is 13.2. The summed E-state index contributed by atoms with van der Waals surface area (Å²) in [5.74, 6) is -1.25. The second-order valence-electron chi connectivity index (χ2n) is 4.24. The maximum Gasteiger partial charge on any atom is 0.341 e. The van der Waals surface area contributed by atoms with E-state index in [9.17, 15) is 14.3 Å². The normalized spacial score (nSPS) is 10.4. The van der Waals surface area contributed by atoms with E-state index in [-0.39, 0.29) is 15.9 Å². The lowest BCUT2D eigenvalue weighted by molar-refractivity contribution is 0.0692. The summed E-state index contributed by atoms with van der Waals surface area (Å²) in [6.45, 7) is 3.41. The van der Waals surface area contributed by atoms with Crippen molar-refractivity contribution in [3.05, 3.63) is 51.4 Å². The first-order valence-corrected chi connectivity index (χ1v) is 6.52. The topological polar surface area (TPSA) is 59.4 Å². The molecule has 2 rings (SSSR count). The molecular formula is C14H11BrFNO3. The van der Waals surface area contributed by atoms with Gasteiger partial charge in [0.1, 0.15) is 17.1 Å². The highest BCUT2D eigenvalue weighted by Crippen LogP contribution is 2.29. The molecule has 0 saturated heterocycles. The van der Waals surface area contributed by atoms with Crippen molar-refractivity contribution in [1.82, 2.24) is 4.98 Å². The van der Waals surface area contributed by atoms with Crippen molar-refractivity contribution in [2.24, 2.45) is 0 Å². The summed E-state index contributed by atoms with van der Waals surface area (Å²) in [5.41, 5.74) is 1.20. The first-order valence-electron chi connectivity index (χ1n) is 5.73. The molecule has 1 N–H and O–H groups in total. The minimum atomic E-state index is -1.12. The predicted octanol–water partition coefficient (Wildman–Crippen LogP) is 4.09. The van der Waals surface area contributed by atoms with Crippen LogP contribution in [0.1, 0.15) is 21.6 Å². The van der Waals surface area contributed by atoms with Crippen molar-refractivity contribution in [1.29, 1.82) is 0 Å². The monoisotopic (exact) mass is 339 g/mol. The highest BCUT2D eigenvalue weighted by molar-refractivity contribution is 9.10. The highest BCUT2D eigenvalue weighted by atomic mass is 79.9. The van der Waals surface area contributed by atoms with Gasteiger partial charge in [0.15, 0.2) is 0 Å². The van der Waals surface area contributed by atoms with E-state index in [4.69, 9.17) is 4.74 Å². The van der Waals surface area contributed by atoms with Gasteiger partial charge < -0.3 is 9.84 Å². The number of benzene rings is 1. The molecule has 1 aromatic heterocycles. The number of carboxylic acids is 1. The zero-order chi connectivity index (χ0) is 14.9. The van der Waals surface area contributed by atoms with Crippen LogP contribution in [0.2, 0.25) is 0 Å². The molecule has 1 heterocycles. The third-order valence-corrected chi connectivity index (χ3v) is 3.24. The van der Waals surface area contributed by atoms with Crippen LogP contribution >= 0.6 is 15.9 Å². The van der Waals surface area contributed by atoms with Gasteiger partial charge in [-0.05, 0) is 59.6 Å².